The van der Waals surface area contributed by atoms with Crippen molar-refractivity contribution in [2.75, 3.05) is 20.0 Å². The molecular weight excluding hydrogens is 318 g/mol. The average molecular weight is 370 g/mol. The largest absolute Gasteiger partial charge is 0.366 e. The summed E-state index contributed by atoms with van der Waals surface area (Å²) in [7, 11) is 0. The van der Waals surface area contributed by atoms with Crippen LogP contribution in [0.25, 0.3) is 0 Å². The fourth-order valence-corrected chi connectivity index (χ4v) is 1.71. The minimum atomic E-state index is -4.79. The zero-order chi connectivity index (χ0) is 39.7. The predicted octanol–water partition coefficient (Wildman–Crippen LogP) is 5.10. The van der Waals surface area contributed by atoms with E-state index in [9.17, 15) is 0 Å². The first-order chi connectivity index (χ1) is 21.9. The Kier molecular flexibility index (Phi) is 1.33. The van der Waals surface area contributed by atoms with Gasteiger partial charge in [-0.05, 0) is 62.7 Å². The smallest absolute Gasteiger partial charge is 0.115 e. The monoisotopic (exact) mass is 369 g/mol. The number of halogens is 1. The van der Waals surface area contributed by atoms with Gasteiger partial charge in [0.2, 0.25) is 0 Å². The quantitative estimate of drug-likeness (QED) is 0.701. The van der Waals surface area contributed by atoms with E-state index in [1.54, 1.807) is 0 Å². The van der Waals surface area contributed by atoms with Crippen molar-refractivity contribution in [2.24, 2.45) is 0 Å². The van der Waals surface area contributed by atoms with Crippen LogP contribution in [0.3, 0.4) is 0 Å². The minimum Gasteiger partial charge on any atom is -0.366 e. The number of nitrogens with zero attached hydrogens (tertiary/aromatic N) is 1. The summed E-state index contributed by atoms with van der Waals surface area (Å²) in [5.41, 5.74) is -7.54. The Morgan fingerprint density at radius 3 is 2.79 bits per heavy atom. The third-order valence-electron chi connectivity index (χ3n) is 2.74. The van der Waals surface area contributed by atoms with Gasteiger partial charge in [-0.3, -0.25) is 0 Å². The Labute approximate surface area is 186 Å². The molecule has 2 aromatic rings. The first kappa shape index (κ1) is 4.14. The number of benzene rings is 2. The molecular formula is C21H26ClNO. The lowest BCUT2D eigenvalue weighted by Crippen LogP contribution is -2.31. The molecule has 1 aliphatic rings. The van der Waals surface area contributed by atoms with E-state index in [2.05, 4.69) is 0 Å². The molecule has 0 saturated carbocycles. The second kappa shape index (κ2) is 7.69. The summed E-state index contributed by atoms with van der Waals surface area (Å²) in [4.78, 5) is -0.923. The van der Waals surface area contributed by atoms with E-state index in [1.165, 1.54) is 0 Å². The molecule has 1 fully saturated rings. The van der Waals surface area contributed by atoms with Crippen molar-refractivity contribution in [3.8, 4) is 0 Å². The highest BCUT2D eigenvalue weighted by Crippen LogP contribution is 2.34. The average Bonchev–Trinajstić information content (AvgIpc) is 3.03. The predicted molar refractivity (Wildman–Crippen MR) is 101 cm³/mol. The summed E-state index contributed by atoms with van der Waals surface area (Å²) in [6.07, 6.45) is -13.3. The second-order valence-corrected chi connectivity index (χ2v) is 4.62. The molecule has 2 aromatic carbocycles. The first-order valence-electron chi connectivity index (χ1n) is 19.3. The Bertz CT molecular complexity index is 1600. The van der Waals surface area contributed by atoms with Gasteiger partial charge in [0.1, 0.15) is 5.60 Å². The second-order valence-electron chi connectivity index (χ2n) is 4.25. The summed E-state index contributed by atoms with van der Waals surface area (Å²) in [5, 5.41) is -0.954. The zero-order valence-electron chi connectivity index (χ0n) is 37.7. The first-order valence-corrected chi connectivity index (χ1v) is 6.65. The van der Waals surface area contributed by atoms with Crippen LogP contribution in [-0.4, -0.2) is 30.9 Å². The number of hydrogen-bond donors (Lipinski definition) is 0. The Hall–Kier alpha value is -1.35. The standard InChI is InChI=1S/C21H26ClNO/c1-21(17-7-4-3-5-8-17,18-10-12-19(22)13-11-18)24-16-14-20-9-6-15-23(20)2/h3-5,7-8,10-13,20H,6,9,14-16H2,1-2H3/t20?,21-/m1/s1/i1D3,2D3,3D,4D,5D,6D2,7D,8D,9D2,10D,11D,12D,13D,14D2,15D2,16D2,20D. The SMILES string of the molecule is [2H]c1c([2H])c([2H])c([C@@](OC([2H])([2H])C([2H])([2H])C2([2H])N(C([2H])([2H])[2H])C([2H])([2H])C([2H])([2H])C2([2H])[2H])(c2c([2H])c([2H])c(Cl)c([2H])c2[2H])C([2H])([2H])[2H])c([2H])c1[2H]. The number of rotatable bonds is 6. The zero-order valence-corrected chi connectivity index (χ0v) is 12.5. The normalized spacial score (nSPS) is 48.2. The summed E-state index contributed by atoms with van der Waals surface area (Å²) in [6.45, 7) is -17.4. The van der Waals surface area contributed by atoms with Gasteiger partial charge in [-0.1, -0.05) is 53.9 Å². The molecule has 24 heavy (non-hydrogen) atoms. The molecule has 1 saturated heterocycles. The molecule has 0 N–H and O–H groups in total. The molecule has 2 atom stereocenters. The van der Waals surface area contributed by atoms with E-state index in [0.29, 0.717) is 0 Å². The van der Waals surface area contributed by atoms with Gasteiger partial charge in [0.05, 0.1) is 15.1 Å². The Balaban J connectivity index is 2.70. The Morgan fingerprint density at radius 2 is 2.08 bits per heavy atom. The molecule has 1 aliphatic heterocycles. The third-order valence-corrected chi connectivity index (χ3v) is 2.93. The summed E-state index contributed by atoms with van der Waals surface area (Å²) >= 11 is 5.87. The molecule has 0 spiro atoms. The number of ether oxygens (including phenoxy) is 1. The molecule has 128 valence electrons. The van der Waals surface area contributed by atoms with Crippen LogP contribution in [0.4, 0.5) is 0 Å². The maximum atomic E-state index is 8.87. The van der Waals surface area contributed by atoms with Crippen molar-refractivity contribution in [1.29, 1.82) is 0 Å². The van der Waals surface area contributed by atoms with Crippen molar-refractivity contribution in [3.05, 3.63) is 70.5 Å². The number of hydrogen-bond acceptors (Lipinski definition) is 2. The van der Waals surface area contributed by atoms with Gasteiger partial charge < -0.3 is 9.64 Å². The molecule has 1 unspecified atom stereocenters. The van der Waals surface area contributed by atoms with Crippen molar-refractivity contribution in [1.82, 2.24) is 4.90 Å². The van der Waals surface area contributed by atoms with E-state index in [4.69, 9.17) is 52.0 Å². The van der Waals surface area contributed by atoms with E-state index < -0.39 is 133 Å². The summed E-state index contributed by atoms with van der Waals surface area (Å²) in [5.74, 6) is 0. The van der Waals surface area contributed by atoms with Crippen LogP contribution in [0.2, 0.25) is 5.02 Å². The van der Waals surface area contributed by atoms with Gasteiger partial charge in [-0.2, -0.15) is 0 Å². The highest BCUT2D eigenvalue weighted by Gasteiger charge is 2.30. The number of likely N-dealkylation sites (tertiary alicyclic amines) is 1. The highest BCUT2D eigenvalue weighted by molar-refractivity contribution is 6.30. The van der Waals surface area contributed by atoms with Crippen LogP contribution in [0, 0.1) is 0 Å². The fraction of sp³-hybridized carbons (Fsp3) is 0.429. The van der Waals surface area contributed by atoms with E-state index in [-0.39, 0.29) is 0 Å². The van der Waals surface area contributed by atoms with Gasteiger partial charge in [-0.25, -0.2) is 0 Å². The van der Waals surface area contributed by atoms with E-state index in [1.807, 2.05) is 0 Å². The van der Waals surface area contributed by atoms with E-state index in [0.717, 1.165) is 0 Å². The van der Waals surface area contributed by atoms with Crippen LogP contribution >= 0.6 is 11.6 Å². The van der Waals surface area contributed by atoms with Gasteiger partial charge >= 0.3 is 0 Å². The third kappa shape index (κ3) is 3.83. The molecule has 0 aliphatic carbocycles. The van der Waals surface area contributed by atoms with Crippen LogP contribution in [0.15, 0.2) is 54.4 Å². The van der Waals surface area contributed by atoms with Crippen molar-refractivity contribution in [2.45, 2.75) is 37.6 Å². The van der Waals surface area contributed by atoms with Gasteiger partial charge in [0.15, 0.2) is 0 Å². The van der Waals surface area contributed by atoms with Crippen molar-refractivity contribution in [3.63, 3.8) is 0 Å². The highest BCUT2D eigenvalue weighted by atomic mass is 35.5. The Morgan fingerprint density at radius 1 is 1.33 bits per heavy atom. The van der Waals surface area contributed by atoms with Crippen LogP contribution in [0.5, 0.6) is 0 Å². The molecule has 1 heterocycles. The molecule has 3 rings (SSSR count). The van der Waals surface area contributed by atoms with Crippen LogP contribution < -0.4 is 0 Å². The van der Waals surface area contributed by atoms with E-state index >= 15 is 0 Å². The van der Waals surface area contributed by atoms with Crippen molar-refractivity contribution >= 4 is 11.6 Å². The lowest BCUT2D eigenvalue weighted by molar-refractivity contribution is -0.0117. The lowest BCUT2D eigenvalue weighted by Gasteiger charge is -2.32. The van der Waals surface area contributed by atoms with Crippen LogP contribution in [-0.2, 0) is 10.3 Å². The van der Waals surface area contributed by atoms with Gasteiger partial charge in [0, 0.05) is 38.2 Å². The molecule has 3 heteroatoms. The molecule has 2 nitrogen and oxygen atoms in total. The van der Waals surface area contributed by atoms with Crippen LogP contribution in [0.1, 0.15) is 72.7 Å². The molecule has 0 radical (unpaired) electrons. The topological polar surface area (TPSA) is 12.5 Å². The minimum absolute atomic E-state index is 0.923. The molecule has 0 amide bonds. The van der Waals surface area contributed by atoms with Crippen molar-refractivity contribution < 1.29 is 40.4 Å². The summed E-state index contributed by atoms with van der Waals surface area (Å²) < 4.78 is 222. The lowest BCUT2D eigenvalue weighted by atomic mass is 9.88. The molecule has 0 aromatic heterocycles. The summed E-state index contributed by atoms with van der Waals surface area (Å²) in [6, 6.07) is -16.9. The maximum absolute atomic E-state index is 8.87. The van der Waals surface area contributed by atoms with Gasteiger partial charge in [0.25, 0.3) is 0 Å². The maximum Gasteiger partial charge on any atom is 0.115 e. The van der Waals surface area contributed by atoms with Gasteiger partial charge in [-0.15, -0.1) is 0 Å². The fourth-order valence-electron chi connectivity index (χ4n) is 1.62. The molecule has 0 bridgehead atoms.